The highest BCUT2D eigenvalue weighted by molar-refractivity contribution is 5.31. The quantitative estimate of drug-likeness (QED) is 0.735. The zero-order chi connectivity index (χ0) is 13.3. The number of nitrogens with one attached hydrogen (secondary N) is 2. The first-order valence-corrected chi connectivity index (χ1v) is 7.07. The van der Waals surface area contributed by atoms with Gasteiger partial charge in [-0.2, -0.15) is 0 Å². The van der Waals surface area contributed by atoms with Crippen molar-refractivity contribution in [2.24, 2.45) is 5.92 Å². The Morgan fingerprint density at radius 3 is 2.53 bits per heavy atom. The highest BCUT2D eigenvalue weighted by atomic mass is 16.5. The molecule has 19 heavy (non-hydrogen) atoms. The molecule has 0 aliphatic carbocycles. The first-order chi connectivity index (χ1) is 9.38. The van der Waals surface area contributed by atoms with E-state index in [1.165, 1.54) is 12.8 Å². The second kappa shape index (κ2) is 8.02. The van der Waals surface area contributed by atoms with Crippen LogP contribution in [0.2, 0.25) is 0 Å². The van der Waals surface area contributed by atoms with Gasteiger partial charge in [-0.25, -0.2) is 0 Å². The molecule has 0 atom stereocenters. The van der Waals surface area contributed by atoms with Gasteiger partial charge in [0, 0.05) is 6.54 Å². The number of ether oxygens (including phenoxy) is 2. The lowest BCUT2D eigenvalue weighted by Crippen LogP contribution is -2.34. The van der Waals surface area contributed by atoms with Crippen LogP contribution < -0.4 is 20.1 Å². The lowest BCUT2D eigenvalue weighted by atomic mass is 9.98. The lowest BCUT2D eigenvalue weighted by Gasteiger charge is -2.22. The summed E-state index contributed by atoms with van der Waals surface area (Å²) in [5, 5.41) is 6.85. The van der Waals surface area contributed by atoms with Gasteiger partial charge in [-0.05, 0) is 62.7 Å². The van der Waals surface area contributed by atoms with Crippen molar-refractivity contribution in [1.29, 1.82) is 0 Å². The third kappa shape index (κ3) is 5.09. The Kier molecular flexibility index (Phi) is 5.98. The van der Waals surface area contributed by atoms with Gasteiger partial charge in [-0.3, -0.25) is 0 Å². The minimum absolute atomic E-state index is 0.706. The average Bonchev–Trinajstić information content (AvgIpc) is 2.49. The van der Waals surface area contributed by atoms with Crippen LogP contribution in [0.15, 0.2) is 24.3 Å². The largest absolute Gasteiger partial charge is 0.497 e. The van der Waals surface area contributed by atoms with Crippen LogP contribution in [0, 0.1) is 5.92 Å². The van der Waals surface area contributed by atoms with Gasteiger partial charge in [0.1, 0.15) is 18.1 Å². The molecule has 4 heteroatoms. The molecule has 0 aromatic heterocycles. The summed E-state index contributed by atoms with van der Waals surface area (Å²) < 4.78 is 10.8. The molecule has 0 amide bonds. The summed E-state index contributed by atoms with van der Waals surface area (Å²) in [5.41, 5.74) is 0. The predicted octanol–water partition coefficient (Wildman–Crippen LogP) is 1.66. The van der Waals surface area contributed by atoms with Gasteiger partial charge in [0.25, 0.3) is 0 Å². The van der Waals surface area contributed by atoms with Gasteiger partial charge < -0.3 is 20.1 Å². The van der Waals surface area contributed by atoms with E-state index in [2.05, 4.69) is 10.6 Å². The fourth-order valence-electron chi connectivity index (χ4n) is 2.31. The Labute approximate surface area is 115 Å². The number of piperidine rings is 1. The lowest BCUT2D eigenvalue weighted by molar-refractivity contribution is 0.297. The molecule has 2 N–H and O–H groups in total. The van der Waals surface area contributed by atoms with Gasteiger partial charge in [0.15, 0.2) is 0 Å². The monoisotopic (exact) mass is 264 g/mol. The van der Waals surface area contributed by atoms with E-state index in [-0.39, 0.29) is 0 Å². The predicted molar refractivity (Wildman–Crippen MR) is 77.0 cm³/mol. The van der Waals surface area contributed by atoms with Crippen molar-refractivity contribution in [3.05, 3.63) is 24.3 Å². The van der Waals surface area contributed by atoms with E-state index < -0.39 is 0 Å². The maximum atomic E-state index is 5.66. The second-order valence-electron chi connectivity index (χ2n) is 4.92. The van der Waals surface area contributed by atoms with Gasteiger partial charge >= 0.3 is 0 Å². The summed E-state index contributed by atoms with van der Waals surface area (Å²) in [5.74, 6) is 2.57. The van der Waals surface area contributed by atoms with E-state index in [4.69, 9.17) is 9.47 Å². The zero-order valence-corrected chi connectivity index (χ0v) is 11.7. The molecular formula is C15H24N2O2. The van der Waals surface area contributed by atoms with Gasteiger partial charge in [-0.15, -0.1) is 0 Å². The summed E-state index contributed by atoms with van der Waals surface area (Å²) >= 11 is 0. The molecule has 1 saturated heterocycles. The molecular weight excluding hydrogens is 240 g/mol. The van der Waals surface area contributed by atoms with E-state index in [9.17, 15) is 0 Å². The van der Waals surface area contributed by atoms with Crippen LogP contribution >= 0.6 is 0 Å². The molecule has 4 nitrogen and oxygen atoms in total. The maximum absolute atomic E-state index is 5.66. The molecule has 1 aliphatic heterocycles. The normalized spacial score (nSPS) is 16.3. The Bertz CT molecular complexity index is 348. The van der Waals surface area contributed by atoms with Crippen LogP contribution in [0.3, 0.4) is 0 Å². The van der Waals surface area contributed by atoms with Crippen LogP contribution in [0.5, 0.6) is 11.5 Å². The van der Waals surface area contributed by atoms with E-state index >= 15 is 0 Å². The molecule has 0 unspecified atom stereocenters. The van der Waals surface area contributed by atoms with Crippen molar-refractivity contribution in [2.45, 2.75) is 12.8 Å². The van der Waals surface area contributed by atoms with Gasteiger partial charge in [0.2, 0.25) is 0 Å². The SMILES string of the molecule is COc1ccc(OCCNCC2CCNCC2)cc1. The Morgan fingerprint density at radius 1 is 1.16 bits per heavy atom. The first kappa shape index (κ1) is 14.2. The van der Waals surface area contributed by atoms with Crippen molar-refractivity contribution in [3.63, 3.8) is 0 Å². The third-order valence-electron chi connectivity index (χ3n) is 3.50. The number of methoxy groups -OCH3 is 1. The van der Waals surface area contributed by atoms with Crippen LogP contribution in [-0.2, 0) is 0 Å². The zero-order valence-electron chi connectivity index (χ0n) is 11.7. The van der Waals surface area contributed by atoms with E-state index in [1.807, 2.05) is 24.3 Å². The van der Waals surface area contributed by atoms with Crippen molar-refractivity contribution in [2.75, 3.05) is 39.9 Å². The molecule has 2 rings (SSSR count). The fourth-order valence-corrected chi connectivity index (χ4v) is 2.31. The van der Waals surface area contributed by atoms with Crippen LogP contribution in [-0.4, -0.2) is 39.9 Å². The van der Waals surface area contributed by atoms with Crippen LogP contribution in [0.4, 0.5) is 0 Å². The van der Waals surface area contributed by atoms with Crippen LogP contribution in [0.1, 0.15) is 12.8 Å². The molecule has 1 fully saturated rings. The topological polar surface area (TPSA) is 42.5 Å². The number of benzene rings is 1. The second-order valence-corrected chi connectivity index (χ2v) is 4.92. The average molecular weight is 264 g/mol. The molecule has 1 heterocycles. The maximum Gasteiger partial charge on any atom is 0.119 e. The molecule has 0 spiro atoms. The molecule has 106 valence electrons. The summed E-state index contributed by atoms with van der Waals surface area (Å²) in [6.07, 6.45) is 2.57. The number of rotatable bonds is 7. The molecule has 1 aliphatic rings. The Hall–Kier alpha value is -1.26. The molecule has 1 aromatic carbocycles. The van der Waals surface area contributed by atoms with E-state index in [1.54, 1.807) is 7.11 Å². The fraction of sp³-hybridized carbons (Fsp3) is 0.600. The third-order valence-corrected chi connectivity index (χ3v) is 3.50. The molecule has 0 saturated carbocycles. The van der Waals surface area contributed by atoms with Gasteiger partial charge in [0.05, 0.1) is 7.11 Å². The summed E-state index contributed by atoms with van der Waals surface area (Å²) in [6.45, 7) is 5.03. The highest BCUT2D eigenvalue weighted by Gasteiger charge is 2.11. The first-order valence-electron chi connectivity index (χ1n) is 7.07. The smallest absolute Gasteiger partial charge is 0.119 e. The van der Waals surface area contributed by atoms with Crippen molar-refractivity contribution < 1.29 is 9.47 Å². The summed E-state index contributed by atoms with van der Waals surface area (Å²) in [4.78, 5) is 0. The molecule has 0 radical (unpaired) electrons. The molecule has 0 bridgehead atoms. The van der Waals surface area contributed by atoms with Crippen LogP contribution in [0.25, 0.3) is 0 Å². The van der Waals surface area contributed by atoms with Crippen molar-refractivity contribution >= 4 is 0 Å². The minimum atomic E-state index is 0.706. The van der Waals surface area contributed by atoms with Crippen molar-refractivity contribution in [1.82, 2.24) is 10.6 Å². The molecule has 1 aromatic rings. The van der Waals surface area contributed by atoms with Gasteiger partial charge in [-0.1, -0.05) is 0 Å². The van der Waals surface area contributed by atoms with E-state index in [0.29, 0.717) is 6.61 Å². The Balaban J connectivity index is 1.55. The number of hydrogen-bond acceptors (Lipinski definition) is 4. The van der Waals surface area contributed by atoms with Crippen molar-refractivity contribution in [3.8, 4) is 11.5 Å². The van der Waals surface area contributed by atoms with E-state index in [0.717, 1.165) is 43.6 Å². The summed E-state index contributed by atoms with van der Waals surface area (Å²) in [6, 6.07) is 7.70. The summed E-state index contributed by atoms with van der Waals surface area (Å²) in [7, 11) is 1.67. The highest BCUT2D eigenvalue weighted by Crippen LogP contribution is 2.16. The standard InChI is InChI=1S/C15H24N2O2/c1-18-14-2-4-15(5-3-14)19-11-10-17-12-13-6-8-16-9-7-13/h2-5,13,16-17H,6-12H2,1H3. The minimum Gasteiger partial charge on any atom is -0.497 e. The number of hydrogen-bond donors (Lipinski definition) is 2. The Morgan fingerprint density at radius 2 is 1.84 bits per heavy atom.